The van der Waals surface area contributed by atoms with Crippen molar-refractivity contribution in [1.82, 2.24) is 9.88 Å². The minimum atomic E-state index is -0.778. The van der Waals surface area contributed by atoms with E-state index in [0.29, 0.717) is 10.9 Å². The molecule has 5 rings (SSSR count). The molecule has 0 unspecified atom stereocenters. The Morgan fingerprint density at radius 3 is 2.64 bits per heavy atom. The van der Waals surface area contributed by atoms with Gasteiger partial charge in [0.25, 0.3) is 0 Å². The molecule has 0 saturated carbocycles. The van der Waals surface area contributed by atoms with Crippen LogP contribution in [0.2, 0.25) is 5.02 Å². The molecule has 0 aliphatic carbocycles. The molecule has 2 aliphatic heterocycles. The zero-order valence-electron chi connectivity index (χ0n) is 20.9. The number of pyridine rings is 1. The third-order valence-corrected chi connectivity index (χ3v) is 7.30. The summed E-state index contributed by atoms with van der Waals surface area (Å²) in [6, 6.07) is 17.6. The van der Waals surface area contributed by atoms with E-state index in [1.165, 1.54) is 5.57 Å². The van der Waals surface area contributed by atoms with E-state index < -0.39 is 5.60 Å². The molecule has 2 aromatic carbocycles. The summed E-state index contributed by atoms with van der Waals surface area (Å²) in [5.74, 6) is 2.29. The quantitative estimate of drug-likeness (QED) is 0.408. The maximum Gasteiger partial charge on any atom is 0.226 e. The molecule has 1 fully saturated rings. The fourth-order valence-electron chi connectivity index (χ4n) is 5.08. The van der Waals surface area contributed by atoms with Crippen LogP contribution < -0.4 is 9.47 Å². The van der Waals surface area contributed by atoms with Gasteiger partial charge >= 0.3 is 0 Å². The van der Waals surface area contributed by atoms with E-state index in [1.54, 1.807) is 6.20 Å². The molecule has 0 radical (unpaired) electrons. The summed E-state index contributed by atoms with van der Waals surface area (Å²) in [4.78, 5) is 6.95. The van der Waals surface area contributed by atoms with Gasteiger partial charge in [0.05, 0.1) is 11.7 Å². The van der Waals surface area contributed by atoms with Crippen molar-refractivity contribution in [3.05, 3.63) is 88.6 Å². The Bertz CT molecular complexity index is 1230. The molecule has 1 aromatic heterocycles. The first-order valence-corrected chi connectivity index (χ1v) is 13.1. The zero-order chi connectivity index (χ0) is 25.1. The highest BCUT2D eigenvalue weighted by Gasteiger charge is 2.33. The molecule has 3 aromatic rings. The lowest BCUT2D eigenvalue weighted by Gasteiger charge is -2.38. The van der Waals surface area contributed by atoms with Gasteiger partial charge in [0.2, 0.25) is 5.88 Å². The second-order valence-corrected chi connectivity index (χ2v) is 10.4. The first-order valence-electron chi connectivity index (χ1n) is 12.7. The maximum absolute atomic E-state index is 11.2. The lowest BCUT2D eigenvalue weighted by atomic mass is 9.84. The molecule has 0 bridgehead atoms. The number of likely N-dealkylation sites (tertiary alicyclic amines) is 1. The Labute approximate surface area is 218 Å². The van der Waals surface area contributed by atoms with Gasteiger partial charge < -0.3 is 19.5 Å². The van der Waals surface area contributed by atoms with Crippen LogP contribution in [0.3, 0.4) is 0 Å². The van der Waals surface area contributed by atoms with Crippen molar-refractivity contribution < 1.29 is 14.6 Å². The van der Waals surface area contributed by atoms with Crippen molar-refractivity contribution in [2.24, 2.45) is 0 Å². The van der Waals surface area contributed by atoms with Gasteiger partial charge in [-0.2, -0.15) is 0 Å². The average molecular weight is 505 g/mol. The summed E-state index contributed by atoms with van der Waals surface area (Å²) in [7, 11) is 0. The molecule has 5 nitrogen and oxygen atoms in total. The molecular weight excluding hydrogens is 472 g/mol. The number of aromatic nitrogens is 1. The summed E-state index contributed by atoms with van der Waals surface area (Å²) in [6.45, 7) is 6.73. The molecule has 36 heavy (non-hydrogen) atoms. The topological polar surface area (TPSA) is 54.8 Å². The van der Waals surface area contributed by atoms with Crippen LogP contribution in [0, 0.1) is 0 Å². The number of benzene rings is 2. The first-order chi connectivity index (χ1) is 17.4. The second kappa shape index (κ2) is 10.6. The van der Waals surface area contributed by atoms with Crippen LogP contribution >= 0.6 is 11.6 Å². The number of fused-ring (bicyclic) bond motifs is 2. The van der Waals surface area contributed by atoms with Crippen LogP contribution in [-0.2, 0) is 12.0 Å². The number of ether oxygens (including phenoxy) is 2. The van der Waals surface area contributed by atoms with E-state index in [2.05, 4.69) is 22.0 Å². The summed E-state index contributed by atoms with van der Waals surface area (Å²) >= 11 is 6.03. The molecule has 2 aliphatic rings. The Kier molecular flexibility index (Phi) is 7.33. The molecule has 1 saturated heterocycles. The van der Waals surface area contributed by atoms with Crippen molar-refractivity contribution in [1.29, 1.82) is 0 Å². The predicted octanol–water partition coefficient (Wildman–Crippen LogP) is 6.63. The minimum absolute atomic E-state index is 0.0818. The average Bonchev–Trinajstić information content (AvgIpc) is 3.03. The van der Waals surface area contributed by atoms with Crippen LogP contribution in [0.1, 0.15) is 49.8 Å². The van der Waals surface area contributed by atoms with Gasteiger partial charge in [-0.25, -0.2) is 4.98 Å². The van der Waals surface area contributed by atoms with E-state index in [-0.39, 0.29) is 6.10 Å². The van der Waals surface area contributed by atoms with Crippen LogP contribution in [0.4, 0.5) is 0 Å². The van der Waals surface area contributed by atoms with E-state index in [4.69, 9.17) is 21.1 Å². The smallest absolute Gasteiger partial charge is 0.226 e. The summed E-state index contributed by atoms with van der Waals surface area (Å²) in [5, 5.41) is 11.9. The lowest BCUT2D eigenvalue weighted by molar-refractivity contribution is -0.0254. The van der Waals surface area contributed by atoms with Gasteiger partial charge in [-0.3, -0.25) is 0 Å². The molecule has 3 heterocycles. The highest BCUT2D eigenvalue weighted by atomic mass is 35.5. The third-order valence-electron chi connectivity index (χ3n) is 7.04. The fourth-order valence-corrected chi connectivity index (χ4v) is 5.21. The fraction of sp³-hybridized carbons (Fsp3) is 0.367. The van der Waals surface area contributed by atoms with E-state index >= 15 is 0 Å². The van der Waals surface area contributed by atoms with Crippen molar-refractivity contribution in [3.8, 4) is 17.4 Å². The highest BCUT2D eigenvalue weighted by Crippen LogP contribution is 2.42. The minimum Gasteiger partial charge on any atom is -0.491 e. The number of aliphatic hydroxyl groups is 1. The second-order valence-electron chi connectivity index (χ2n) is 9.93. The summed E-state index contributed by atoms with van der Waals surface area (Å²) in [5.41, 5.74) is 3.46. The number of hydrogen-bond acceptors (Lipinski definition) is 5. The Morgan fingerprint density at radius 1 is 1.11 bits per heavy atom. The third kappa shape index (κ3) is 5.44. The molecule has 0 amide bonds. The van der Waals surface area contributed by atoms with Gasteiger partial charge in [0, 0.05) is 48.4 Å². The predicted molar refractivity (Wildman–Crippen MR) is 144 cm³/mol. The molecule has 6 heteroatoms. The molecule has 1 N–H and O–H groups in total. The Morgan fingerprint density at radius 2 is 1.89 bits per heavy atom. The van der Waals surface area contributed by atoms with Gasteiger partial charge in [-0.1, -0.05) is 35.9 Å². The monoisotopic (exact) mass is 504 g/mol. The summed E-state index contributed by atoms with van der Waals surface area (Å²) in [6.07, 6.45) is 7.23. The summed E-state index contributed by atoms with van der Waals surface area (Å²) < 4.78 is 12.4. The van der Waals surface area contributed by atoms with Crippen molar-refractivity contribution >= 4 is 17.2 Å². The van der Waals surface area contributed by atoms with Crippen molar-refractivity contribution in [3.63, 3.8) is 0 Å². The zero-order valence-corrected chi connectivity index (χ0v) is 21.7. The SMILES string of the molecule is CC(C)Oc1cccc2c1CC(=CCCN1CCC(O)(c3ccc(Cl)cc3)CC1)c1cccnc1O2. The van der Waals surface area contributed by atoms with Crippen molar-refractivity contribution in [2.75, 3.05) is 19.6 Å². The number of piperidine rings is 1. The van der Waals surface area contributed by atoms with E-state index in [9.17, 15) is 5.11 Å². The molecule has 188 valence electrons. The van der Waals surface area contributed by atoms with Gasteiger partial charge in [0.1, 0.15) is 11.5 Å². The molecular formula is C30H33ClN2O3. The van der Waals surface area contributed by atoms with Crippen molar-refractivity contribution in [2.45, 2.75) is 51.2 Å². The molecule has 0 atom stereocenters. The number of allylic oxidation sites excluding steroid dienone is 1. The first kappa shape index (κ1) is 24.8. The largest absolute Gasteiger partial charge is 0.491 e. The number of nitrogens with zero attached hydrogens (tertiary/aromatic N) is 2. The number of halogens is 1. The number of rotatable bonds is 6. The maximum atomic E-state index is 11.2. The normalized spacial score (nSPS) is 18.3. The van der Waals surface area contributed by atoms with Crippen LogP contribution in [-0.4, -0.2) is 40.7 Å². The van der Waals surface area contributed by atoms with E-state index in [1.807, 2.05) is 62.4 Å². The Hall–Kier alpha value is -2.86. The van der Waals surface area contributed by atoms with Crippen LogP contribution in [0.25, 0.3) is 5.57 Å². The van der Waals surface area contributed by atoms with E-state index in [0.717, 1.165) is 73.5 Å². The lowest BCUT2D eigenvalue weighted by Crippen LogP contribution is -2.42. The van der Waals surface area contributed by atoms with Gasteiger partial charge in [0.15, 0.2) is 0 Å². The Balaban J connectivity index is 1.29. The van der Waals surface area contributed by atoms with Crippen LogP contribution in [0.15, 0.2) is 66.9 Å². The van der Waals surface area contributed by atoms with Gasteiger partial charge in [-0.15, -0.1) is 0 Å². The van der Waals surface area contributed by atoms with Gasteiger partial charge in [-0.05, 0) is 80.6 Å². The standard InChI is InChI=1S/C30H33ClN2O3/c1-21(2)35-27-8-3-9-28-26(27)20-22(25-7-4-16-32-29(25)36-28)6-5-17-33-18-14-30(34,15-19-33)23-10-12-24(31)13-11-23/h3-4,6-13,16,21,34H,5,14-15,17-20H2,1-2H3. The molecule has 0 spiro atoms. The van der Waals surface area contributed by atoms with Crippen LogP contribution in [0.5, 0.6) is 17.4 Å². The number of hydrogen-bond donors (Lipinski definition) is 1. The highest BCUT2D eigenvalue weighted by molar-refractivity contribution is 6.30.